The molecule has 12 heavy (non-hydrogen) atoms. The molecule has 0 spiro atoms. The van der Waals surface area contributed by atoms with E-state index < -0.39 is 0 Å². The van der Waals surface area contributed by atoms with Crippen molar-refractivity contribution in [1.29, 1.82) is 0 Å². The molecule has 1 heterocycles. The maximum Gasteiger partial charge on any atom is 0.160 e. The number of carbonyl (C=O) groups excluding carboxylic acids is 1. The van der Waals surface area contributed by atoms with Crippen LogP contribution in [0, 0.1) is 0 Å². The van der Waals surface area contributed by atoms with E-state index in [1.807, 2.05) is 17.5 Å². The number of rotatable bonds is 4. The van der Waals surface area contributed by atoms with Gasteiger partial charge in [0.15, 0.2) is 6.29 Å². The lowest BCUT2D eigenvalue weighted by atomic mass is 10.3. The Hall–Kier alpha value is -0.410. The fourth-order valence-electron chi connectivity index (χ4n) is 0.800. The van der Waals surface area contributed by atoms with Crippen molar-refractivity contribution in [3.63, 3.8) is 0 Å². The number of alkyl halides is 1. The average Bonchev–Trinajstić information content (AvgIpc) is 2.53. The molecule has 0 radical (unpaired) electrons. The molecule has 0 aliphatic carbocycles. The summed E-state index contributed by atoms with van der Waals surface area (Å²) in [6.45, 7) is 0. The SMILES string of the molecule is O=Cc1cc(C=CCCBr)cs1. The minimum atomic E-state index is 0.786. The third-order valence-electron chi connectivity index (χ3n) is 1.34. The maximum atomic E-state index is 10.3. The van der Waals surface area contributed by atoms with Crippen molar-refractivity contribution >= 4 is 39.6 Å². The number of carbonyl (C=O) groups is 1. The van der Waals surface area contributed by atoms with Gasteiger partial charge in [-0.1, -0.05) is 28.1 Å². The van der Waals surface area contributed by atoms with Crippen LogP contribution < -0.4 is 0 Å². The summed E-state index contributed by atoms with van der Waals surface area (Å²) < 4.78 is 0. The van der Waals surface area contributed by atoms with Crippen LogP contribution in [0.1, 0.15) is 21.7 Å². The Labute approximate surface area is 84.2 Å². The number of hydrogen-bond acceptors (Lipinski definition) is 2. The van der Waals surface area contributed by atoms with E-state index in [1.54, 1.807) is 0 Å². The first-order valence-corrected chi connectivity index (χ1v) is 5.63. The Morgan fingerprint density at radius 3 is 3.00 bits per heavy atom. The zero-order valence-electron chi connectivity index (χ0n) is 6.50. The lowest BCUT2D eigenvalue weighted by molar-refractivity contribution is 0.112. The summed E-state index contributed by atoms with van der Waals surface area (Å²) >= 11 is 4.81. The second-order valence-electron chi connectivity index (χ2n) is 2.28. The van der Waals surface area contributed by atoms with Gasteiger partial charge in [-0.15, -0.1) is 11.3 Å². The van der Waals surface area contributed by atoms with Crippen LogP contribution >= 0.6 is 27.3 Å². The van der Waals surface area contributed by atoms with Gasteiger partial charge in [-0.2, -0.15) is 0 Å². The molecule has 1 rings (SSSR count). The Kier molecular flexibility index (Phi) is 4.25. The number of allylic oxidation sites excluding steroid dienone is 1. The number of hydrogen-bond donors (Lipinski definition) is 0. The van der Waals surface area contributed by atoms with Gasteiger partial charge < -0.3 is 0 Å². The molecular formula is C9H9BrOS. The first-order valence-electron chi connectivity index (χ1n) is 3.63. The topological polar surface area (TPSA) is 17.1 Å². The number of thiophene rings is 1. The minimum Gasteiger partial charge on any atom is -0.297 e. The molecular weight excluding hydrogens is 236 g/mol. The van der Waals surface area contributed by atoms with Crippen LogP contribution in [0.3, 0.4) is 0 Å². The smallest absolute Gasteiger partial charge is 0.160 e. The standard InChI is InChI=1S/C9H9BrOS/c10-4-2-1-3-8-5-9(6-11)12-7-8/h1,3,5-7H,2,4H2. The number of halogens is 1. The molecule has 0 N–H and O–H groups in total. The highest BCUT2D eigenvalue weighted by atomic mass is 79.9. The van der Waals surface area contributed by atoms with Crippen molar-refractivity contribution in [3.05, 3.63) is 28.0 Å². The predicted molar refractivity (Wildman–Crippen MR) is 57.2 cm³/mol. The first kappa shape index (κ1) is 9.68. The molecule has 0 aromatic carbocycles. The summed E-state index contributed by atoms with van der Waals surface area (Å²) in [5.41, 5.74) is 1.11. The Morgan fingerprint density at radius 2 is 2.42 bits per heavy atom. The molecule has 0 saturated heterocycles. The van der Waals surface area contributed by atoms with Gasteiger partial charge in [-0.05, 0) is 23.4 Å². The highest BCUT2D eigenvalue weighted by Gasteiger charge is 1.93. The Bertz CT molecular complexity index is 278. The van der Waals surface area contributed by atoms with Crippen LogP contribution in [0.4, 0.5) is 0 Å². The maximum absolute atomic E-state index is 10.3. The molecule has 0 bridgehead atoms. The van der Waals surface area contributed by atoms with Crippen LogP contribution in [0.25, 0.3) is 6.08 Å². The highest BCUT2D eigenvalue weighted by molar-refractivity contribution is 9.09. The molecule has 0 unspecified atom stereocenters. The number of aldehydes is 1. The monoisotopic (exact) mass is 244 g/mol. The van der Waals surface area contributed by atoms with Gasteiger partial charge in [0.05, 0.1) is 4.88 Å². The van der Waals surface area contributed by atoms with Gasteiger partial charge in [0.25, 0.3) is 0 Å². The van der Waals surface area contributed by atoms with Crippen molar-refractivity contribution in [2.45, 2.75) is 6.42 Å². The van der Waals surface area contributed by atoms with Crippen molar-refractivity contribution in [2.75, 3.05) is 5.33 Å². The van der Waals surface area contributed by atoms with Gasteiger partial charge in [0.1, 0.15) is 0 Å². The highest BCUT2D eigenvalue weighted by Crippen LogP contribution is 2.14. The summed E-state index contributed by atoms with van der Waals surface area (Å²) in [4.78, 5) is 11.1. The van der Waals surface area contributed by atoms with E-state index in [-0.39, 0.29) is 0 Å². The quantitative estimate of drug-likeness (QED) is 0.587. The normalized spacial score (nSPS) is 10.8. The van der Waals surface area contributed by atoms with E-state index in [2.05, 4.69) is 22.0 Å². The van der Waals surface area contributed by atoms with Gasteiger partial charge in [-0.25, -0.2) is 0 Å². The zero-order chi connectivity index (χ0) is 8.81. The largest absolute Gasteiger partial charge is 0.297 e. The summed E-state index contributed by atoms with van der Waals surface area (Å²) in [6, 6.07) is 1.89. The molecule has 64 valence electrons. The van der Waals surface area contributed by atoms with E-state index >= 15 is 0 Å². The summed E-state index contributed by atoms with van der Waals surface area (Å²) in [5, 5.41) is 2.96. The lowest BCUT2D eigenvalue weighted by Gasteiger charge is -1.82. The Balaban J connectivity index is 2.57. The predicted octanol–water partition coefficient (Wildman–Crippen LogP) is 3.36. The van der Waals surface area contributed by atoms with E-state index in [0.717, 1.165) is 28.5 Å². The molecule has 0 aliphatic rings. The van der Waals surface area contributed by atoms with Gasteiger partial charge >= 0.3 is 0 Å². The van der Waals surface area contributed by atoms with Gasteiger partial charge in [0, 0.05) is 5.33 Å². The fraction of sp³-hybridized carbons (Fsp3) is 0.222. The van der Waals surface area contributed by atoms with Crippen molar-refractivity contribution in [2.24, 2.45) is 0 Å². The third-order valence-corrected chi connectivity index (χ3v) is 2.68. The van der Waals surface area contributed by atoms with Crippen LogP contribution in [-0.4, -0.2) is 11.6 Å². The van der Waals surface area contributed by atoms with E-state index in [1.165, 1.54) is 11.3 Å². The van der Waals surface area contributed by atoms with E-state index in [4.69, 9.17) is 0 Å². The van der Waals surface area contributed by atoms with Crippen LogP contribution in [0.2, 0.25) is 0 Å². The molecule has 3 heteroatoms. The average molecular weight is 245 g/mol. The first-order chi connectivity index (χ1) is 5.86. The molecule has 1 aromatic rings. The third kappa shape index (κ3) is 2.91. The summed E-state index contributed by atoms with van der Waals surface area (Å²) in [7, 11) is 0. The molecule has 1 aromatic heterocycles. The van der Waals surface area contributed by atoms with Crippen LogP contribution in [0.5, 0.6) is 0 Å². The van der Waals surface area contributed by atoms with Crippen molar-refractivity contribution in [1.82, 2.24) is 0 Å². The molecule has 0 aliphatic heterocycles. The minimum absolute atomic E-state index is 0.786. The molecule has 0 fully saturated rings. The van der Waals surface area contributed by atoms with Crippen molar-refractivity contribution in [3.8, 4) is 0 Å². The van der Waals surface area contributed by atoms with Crippen LogP contribution in [-0.2, 0) is 0 Å². The van der Waals surface area contributed by atoms with Crippen LogP contribution in [0.15, 0.2) is 17.5 Å². The second kappa shape index (κ2) is 5.27. The lowest BCUT2D eigenvalue weighted by Crippen LogP contribution is -1.68. The van der Waals surface area contributed by atoms with Gasteiger partial charge in [0.2, 0.25) is 0 Å². The van der Waals surface area contributed by atoms with Gasteiger partial charge in [-0.3, -0.25) is 4.79 Å². The fourth-order valence-corrected chi connectivity index (χ4v) is 1.74. The molecule has 0 amide bonds. The summed E-state index contributed by atoms with van der Waals surface area (Å²) in [5.74, 6) is 0. The summed E-state index contributed by atoms with van der Waals surface area (Å²) in [6.07, 6.45) is 6.02. The molecule has 1 nitrogen and oxygen atoms in total. The zero-order valence-corrected chi connectivity index (χ0v) is 8.90. The molecule has 0 atom stereocenters. The second-order valence-corrected chi connectivity index (χ2v) is 4.02. The van der Waals surface area contributed by atoms with E-state index in [9.17, 15) is 4.79 Å². The van der Waals surface area contributed by atoms with E-state index in [0.29, 0.717) is 0 Å². The Morgan fingerprint density at radius 1 is 1.58 bits per heavy atom. The molecule has 0 saturated carbocycles. The van der Waals surface area contributed by atoms with Crippen molar-refractivity contribution < 1.29 is 4.79 Å².